The number of allylic oxidation sites excluding steroid dienone is 5. The summed E-state index contributed by atoms with van der Waals surface area (Å²) in [7, 11) is 0. The predicted molar refractivity (Wildman–Crippen MR) is 95.2 cm³/mol. The number of nitrogens with zero attached hydrogens (tertiary/aromatic N) is 1. The second-order valence-corrected chi connectivity index (χ2v) is 6.11. The minimum atomic E-state index is 0.995. The molecule has 104 valence electrons. The van der Waals surface area contributed by atoms with Crippen molar-refractivity contribution < 1.29 is 0 Å². The zero-order valence-electron chi connectivity index (χ0n) is 11.8. The summed E-state index contributed by atoms with van der Waals surface area (Å²) in [5.41, 5.74) is 5.49. The monoisotopic (exact) mass is 337 g/mol. The zero-order chi connectivity index (χ0) is 14.8. The number of halogens is 1. The van der Waals surface area contributed by atoms with Crippen molar-refractivity contribution in [1.82, 2.24) is 4.98 Å². The number of fused-ring (bicyclic) bond motifs is 1. The van der Waals surface area contributed by atoms with Gasteiger partial charge < -0.3 is 0 Å². The normalized spacial score (nSPS) is 14.5. The lowest BCUT2D eigenvalue weighted by molar-refractivity contribution is 0.987. The lowest BCUT2D eigenvalue weighted by Crippen LogP contribution is -1.98. The first kappa shape index (κ1) is 14.0. The maximum Gasteiger partial charge on any atom is 0.0786 e. The number of aromatic nitrogens is 1. The topological polar surface area (TPSA) is 12.9 Å². The molecule has 0 bridgehead atoms. The van der Waals surface area contributed by atoms with Crippen molar-refractivity contribution in [2.24, 2.45) is 0 Å². The van der Waals surface area contributed by atoms with Gasteiger partial charge in [-0.05, 0) is 40.1 Å². The number of pyridine rings is 1. The van der Waals surface area contributed by atoms with E-state index in [0.717, 1.165) is 40.4 Å². The lowest BCUT2D eigenvalue weighted by atomic mass is 9.89. The van der Waals surface area contributed by atoms with Gasteiger partial charge in [-0.3, -0.25) is 4.98 Å². The molecule has 1 aliphatic carbocycles. The fourth-order valence-corrected chi connectivity index (χ4v) is 3.00. The van der Waals surface area contributed by atoms with E-state index in [9.17, 15) is 0 Å². The Morgan fingerprint density at radius 1 is 1.19 bits per heavy atom. The van der Waals surface area contributed by atoms with Crippen LogP contribution in [-0.4, -0.2) is 4.98 Å². The molecular weight excluding hydrogens is 322 g/mol. The smallest absolute Gasteiger partial charge is 0.0786 e. The molecule has 0 unspecified atom stereocenters. The molecule has 0 amide bonds. The molecule has 0 atom stereocenters. The molecule has 0 saturated carbocycles. The fraction of sp³-hybridized carbons (Fsp3) is 0.105. The van der Waals surface area contributed by atoms with Crippen molar-refractivity contribution in [2.45, 2.75) is 12.8 Å². The highest BCUT2D eigenvalue weighted by Crippen LogP contribution is 2.36. The van der Waals surface area contributed by atoms with Gasteiger partial charge in [-0.1, -0.05) is 65.5 Å². The first-order valence-electron chi connectivity index (χ1n) is 6.96. The molecule has 2 aromatic rings. The standard InChI is InChI=1S/C19H16BrN/c1-3-14-6-7-16-5-4-12-21-19(16)18(14)13(2)15-8-10-17(20)11-9-15/h3-8,10,12H,1-2,9,11H2. The maximum absolute atomic E-state index is 4.56. The Labute approximate surface area is 133 Å². The second kappa shape index (κ2) is 5.82. The molecule has 0 radical (unpaired) electrons. The van der Waals surface area contributed by atoms with Gasteiger partial charge in [0.1, 0.15) is 0 Å². The Morgan fingerprint density at radius 3 is 2.76 bits per heavy atom. The van der Waals surface area contributed by atoms with Gasteiger partial charge in [-0.25, -0.2) is 0 Å². The third kappa shape index (κ3) is 2.64. The SMILES string of the molecule is C=Cc1ccc2cccnc2c1C(=C)C1=CC=C(Br)CC1. The second-order valence-electron chi connectivity index (χ2n) is 5.09. The summed E-state index contributed by atoms with van der Waals surface area (Å²) < 4.78 is 1.24. The average Bonchev–Trinajstić information content (AvgIpc) is 2.53. The van der Waals surface area contributed by atoms with Crippen LogP contribution in [0.4, 0.5) is 0 Å². The molecule has 0 fully saturated rings. The van der Waals surface area contributed by atoms with E-state index in [1.807, 2.05) is 18.3 Å². The van der Waals surface area contributed by atoms with E-state index < -0.39 is 0 Å². The first-order valence-corrected chi connectivity index (χ1v) is 7.75. The van der Waals surface area contributed by atoms with Crippen molar-refractivity contribution in [3.05, 3.63) is 77.0 Å². The van der Waals surface area contributed by atoms with Crippen LogP contribution < -0.4 is 0 Å². The summed E-state index contributed by atoms with van der Waals surface area (Å²) in [4.78, 5) is 4.56. The van der Waals surface area contributed by atoms with Crippen molar-refractivity contribution in [3.8, 4) is 0 Å². The van der Waals surface area contributed by atoms with Gasteiger partial charge in [0.25, 0.3) is 0 Å². The van der Waals surface area contributed by atoms with E-state index in [4.69, 9.17) is 0 Å². The van der Waals surface area contributed by atoms with Gasteiger partial charge in [-0.15, -0.1) is 0 Å². The molecular formula is C19H16BrN. The Balaban J connectivity index is 2.19. The molecule has 0 saturated heterocycles. The summed E-state index contributed by atoms with van der Waals surface area (Å²) in [6.45, 7) is 8.26. The summed E-state index contributed by atoms with van der Waals surface area (Å²) >= 11 is 3.55. The van der Waals surface area contributed by atoms with Gasteiger partial charge in [0.05, 0.1) is 5.52 Å². The number of hydrogen-bond donors (Lipinski definition) is 0. The van der Waals surface area contributed by atoms with E-state index in [0.29, 0.717) is 0 Å². The molecule has 1 nitrogen and oxygen atoms in total. The van der Waals surface area contributed by atoms with Crippen molar-refractivity contribution >= 4 is 38.5 Å². The van der Waals surface area contributed by atoms with Crippen LogP contribution in [0.1, 0.15) is 24.0 Å². The summed E-state index contributed by atoms with van der Waals surface area (Å²) in [5, 5.41) is 1.13. The summed E-state index contributed by atoms with van der Waals surface area (Å²) in [5.74, 6) is 0. The van der Waals surface area contributed by atoms with Crippen LogP contribution in [0, 0.1) is 0 Å². The highest BCUT2D eigenvalue weighted by atomic mass is 79.9. The van der Waals surface area contributed by atoms with Gasteiger partial charge in [-0.2, -0.15) is 0 Å². The van der Waals surface area contributed by atoms with Crippen molar-refractivity contribution in [2.75, 3.05) is 0 Å². The maximum atomic E-state index is 4.56. The highest BCUT2D eigenvalue weighted by molar-refractivity contribution is 9.11. The van der Waals surface area contributed by atoms with Crippen LogP contribution in [0.3, 0.4) is 0 Å². The van der Waals surface area contributed by atoms with Crippen LogP contribution >= 0.6 is 15.9 Å². The summed E-state index contributed by atoms with van der Waals surface area (Å²) in [6, 6.07) is 8.22. The minimum absolute atomic E-state index is 0.995. The predicted octanol–water partition coefficient (Wildman–Crippen LogP) is 5.89. The van der Waals surface area contributed by atoms with Gasteiger partial charge in [0.15, 0.2) is 0 Å². The Hall–Kier alpha value is -1.93. The molecule has 3 rings (SSSR count). The summed E-state index contributed by atoms with van der Waals surface area (Å²) in [6.07, 6.45) is 9.98. The molecule has 0 N–H and O–H groups in total. The Morgan fingerprint density at radius 2 is 2.05 bits per heavy atom. The van der Waals surface area contributed by atoms with Crippen molar-refractivity contribution in [1.29, 1.82) is 0 Å². The van der Waals surface area contributed by atoms with E-state index in [1.54, 1.807) is 0 Å². The quantitative estimate of drug-likeness (QED) is 0.680. The van der Waals surface area contributed by atoms with Crippen LogP contribution in [0.15, 0.2) is 65.8 Å². The van der Waals surface area contributed by atoms with E-state index in [-0.39, 0.29) is 0 Å². The molecule has 1 aromatic heterocycles. The number of hydrogen-bond acceptors (Lipinski definition) is 1. The molecule has 0 aliphatic heterocycles. The van der Waals surface area contributed by atoms with Gasteiger partial charge >= 0.3 is 0 Å². The van der Waals surface area contributed by atoms with E-state index in [1.165, 1.54) is 10.1 Å². The van der Waals surface area contributed by atoms with Crippen molar-refractivity contribution in [3.63, 3.8) is 0 Å². The fourth-order valence-electron chi connectivity index (χ4n) is 2.67. The molecule has 1 aliphatic rings. The third-order valence-corrected chi connectivity index (χ3v) is 4.48. The van der Waals surface area contributed by atoms with E-state index >= 15 is 0 Å². The highest BCUT2D eigenvalue weighted by Gasteiger charge is 2.15. The van der Waals surface area contributed by atoms with Crippen LogP contribution in [0.2, 0.25) is 0 Å². The zero-order valence-corrected chi connectivity index (χ0v) is 13.4. The molecule has 1 aromatic carbocycles. The van der Waals surface area contributed by atoms with E-state index in [2.05, 4.69) is 64.4 Å². The molecule has 2 heteroatoms. The minimum Gasteiger partial charge on any atom is -0.256 e. The van der Waals surface area contributed by atoms with Crippen LogP contribution in [-0.2, 0) is 0 Å². The molecule has 21 heavy (non-hydrogen) atoms. The van der Waals surface area contributed by atoms with Gasteiger partial charge in [0, 0.05) is 17.1 Å². The van der Waals surface area contributed by atoms with Gasteiger partial charge in [0.2, 0.25) is 0 Å². The molecule has 0 spiro atoms. The number of benzene rings is 1. The number of rotatable bonds is 3. The van der Waals surface area contributed by atoms with Crippen LogP contribution in [0.25, 0.3) is 22.6 Å². The third-order valence-electron chi connectivity index (χ3n) is 3.81. The largest absolute Gasteiger partial charge is 0.256 e. The lowest BCUT2D eigenvalue weighted by Gasteiger charge is -2.17. The van der Waals surface area contributed by atoms with Crippen LogP contribution in [0.5, 0.6) is 0 Å². The first-order chi connectivity index (χ1) is 10.2. The Bertz CT molecular complexity index is 796. The Kier molecular flexibility index (Phi) is 3.89. The average molecular weight is 338 g/mol. The molecule has 1 heterocycles.